The van der Waals surface area contributed by atoms with E-state index < -0.39 is 10.2 Å². The van der Waals surface area contributed by atoms with Crippen LogP contribution >= 0.6 is 0 Å². The Morgan fingerprint density at radius 3 is 2.39 bits per heavy atom. The molecule has 0 radical (unpaired) electrons. The minimum Gasteiger partial charge on any atom is -0.382 e. The van der Waals surface area contributed by atoms with Crippen LogP contribution in [-0.2, 0) is 19.7 Å². The molecular formula is C10H21N3O4S. The number of carbonyl (C=O) groups excluding carboxylic acids is 1. The van der Waals surface area contributed by atoms with Crippen molar-refractivity contribution in [2.24, 2.45) is 5.14 Å². The van der Waals surface area contributed by atoms with E-state index in [-0.39, 0.29) is 19.0 Å². The van der Waals surface area contributed by atoms with E-state index in [9.17, 15) is 13.2 Å². The molecule has 0 unspecified atom stereocenters. The zero-order valence-electron chi connectivity index (χ0n) is 10.7. The molecule has 1 heterocycles. The lowest BCUT2D eigenvalue weighted by Gasteiger charge is -2.33. The van der Waals surface area contributed by atoms with E-state index in [0.29, 0.717) is 39.1 Å². The van der Waals surface area contributed by atoms with Crippen LogP contribution < -0.4 is 5.14 Å². The molecular weight excluding hydrogens is 258 g/mol. The highest BCUT2D eigenvalue weighted by Crippen LogP contribution is 2.07. The SMILES string of the molecule is CCOCCCC(=O)N1CCN(S(N)(=O)=O)CC1. The van der Waals surface area contributed by atoms with Crippen molar-refractivity contribution in [3.63, 3.8) is 0 Å². The molecule has 0 aliphatic carbocycles. The first kappa shape index (κ1) is 15.4. The molecule has 18 heavy (non-hydrogen) atoms. The molecule has 1 aliphatic rings. The van der Waals surface area contributed by atoms with Gasteiger partial charge >= 0.3 is 0 Å². The fourth-order valence-corrected chi connectivity index (χ4v) is 2.49. The largest absolute Gasteiger partial charge is 0.382 e. The molecule has 2 N–H and O–H groups in total. The van der Waals surface area contributed by atoms with Crippen LogP contribution in [0.5, 0.6) is 0 Å². The van der Waals surface area contributed by atoms with Crippen molar-refractivity contribution in [2.45, 2.75) is 19.8 Å². The number of hydrogen-bond donors (Lipinski definition) is 1. The second kappa shape index (κ2) is 7.03. The molecule has 0 bridgehead atoms. The number of hydrogen-bond acceptors (Lipinski definition) is 4. The van der Waals surface area contributed by atoms with Gasteiger partial charge in [0.25, 0.3) is 10.2 Å². The second-order valence-corrected chi connectivity index (χ2v) is 5.67. The van der Waals surface area contributed by atoms with Crippen molar-refractivity contribution in [3.8, 4) is 0 Å². The molecule has 1 saturated heterocycles. The average molecular weight is 279 g/mol. The summed E-state index contributed by atoms with van der Waals surface area (Å²) in [7, 11) is -3.62. The lowest BCUT2D eigenvalue weighted by atomic mass is 10.2. The van der Waals surface area contributed by atoms with Gasteiger partial charge in [-0.15, -0.1) is 0 Å². The summed E-state index contributed by atoms with van der Waals surface area (Å²) in [5.41, 5.74) is 0. The van der Waals surface area contributed by atoms with Crippen LogP contribution in [0.4, 0.5) is 0 Å². The van der Waals surface area contributed by atoms with Gasteiger partial charge in [0.1, 0.15) is 0 Å². The molecule has 0 atom stereocenters. The number of nitrogens with zero attached hydrogens (tertiary/aromatic N) is 2. The zero-order valence-corrected chi connectivity index (χ0v) is 11.5. The molecule has 1 rings (SSSR count). The topological polar surface area (TPSA) is 92.9 Å². The van der Waals surface area contributed by atoms with Crippen LogP contribution in [0, 0.1) is 0 Å². The van der Waals surface area contributed by atoms with E-state index in [1.54, 1.807) is 4.90 Å². The second-order valence-electron chi connectivity index (χ2n) is 4.13. The molecule has 0 aromatic heterocycles. The first-order valence-electron chi connectivity index (χ1n) is 6.08. The quantitative estimate of drug-likeness (QED) is 0.641. The van der Waals surface area contributed by atoms with Gasteiger partial charge < -0.3 is 9.64 Å². The number of rotatable bonds is 6. The number of nitrogens with two attached hydrogens (primary N) is 1. The predicted octanol–water partition coefficient (Wildman–Crippen LogP) is -0.849. The molecule has 0 aromatic carbocycles. The van der Waals surface area contributed by atoms with Crippen LogP contribution in [0.2, 0.25) is 0 Å². The van der Waals surface area contributed by atoms with E-state index in [1.807, 2.05) is 6.92 Å². The Morgan fingerprint density at radius 1 is 1.28 bits per heavy atom. The van der Waals surface area contributed by atoms with Crippen LogP contribution in [-0.4, -0.2) is 62.9 Å². The number of piperazine rings is 1. The normalized spacial score (nSPS) is 18.0. The summed E-state index contributed by atoms with van der Waals surface area (Å²) in [5, 5.41) is 5.02. The molecule has 0 saturated carbocycles. The Labute approximate surface area is 108 Å². The van der Waals surface area contributed by atoms with Crippen LogP contribution in [0.3, 0.4) is 0 Å². The van der Waals surface area contributed by atoms with Gasteiger partial charge in [0, 0.05) is 45.8 Å². The van der Waals surface area contributed by atoms with Crippen molar-refractivity contribution < 1.29 is 17.9 Å². The Hall–Kier alpha value is -0.700. The smallest absolute Gasteiger partial charge is 0.277 e. The fourth-order valence-electron chi connectivity index (χ4n) is 1.82. The van der Waals surface area contributed by atoms with Crippen molar-refractivity contribution in [1.82, 2.24) is 9.21 Å². The molecule has 0 spiro atoms. The molecule has 1 fully saturated rings. The highest BCUT2D eigenvalue weighted by Gasteiger charge is 2.25. The molecule has 7 nitrogen and oxygen atoms in total. The van der Waals surface area contributed by atoms with Gasteiger partial charge in [-0.1, -0.05) is 0 Å². The maximum Gasteiger partial charge on any atom is 0.277 e. The van der Waals surface area contributed by atoms with E-state index in [0.717, 1.165) is 0 Å². The van der Waals surface area contributed by atoms with E-state index in [2.05, 4.69) is 0 Å². The van der Waals surface area contributed by atoms with E-state index in [1.165, 1.54) is 4.31 Å². The lowest BCUT2D eigenvalue weighted by molar-refractivity contribution is -0.132. The van der Waals surface area contributed by atoms with Gasteiger partial charge in [-0.3, -0.25) is 4.79 Å². The maximum absolute atomic E-state index is 11.8. The van der Waals surface area contributed by atoms with Crippen molar-refractivity contribution in [2.75, 3.05) is 39.4 Å². The van der Waals surface area contributed by atoms with Crippen molar-refractivity contribution in [1.29, 1.82) is 0 Å². The van der Waals surface area contributed by atoms with Crippen LogP contribution in [0.1, 0.15) is 19.8 Å². The molecule has 0 aromatic rings. The van der Waals surface area contributed by atoms with Crippen LogP contribution in [0.25, 0.3) is 0 Å². The monoisotopic (exact) mass is 279 g/mol. The highest BCUT2D eigenvalue weighted by atomic mass is 32.2. The molecule has 1 aliphatic heterocycles. The third kappa shape index (κ3) is 4.89. The number of carbonyl (C=O) groups is 1. The zero-order chi connectivity index (χ0) is 13.6. The Kier molecular flexibility index (Phi) is 6.00. The summed E-state index contributed by atoms with van der Waals surface area (Å²) in [4.78, 5) is 13.5. The van der Waals surface area contributed by atoms with Gasteiger partial charge in [0.15, 0.2) is 0 Å². The predicted molar refractivity (Wildman–Crippen MR) is 67.0 cm³/mol. The Bertz CT molecular complexity index is 363. The van der Waals surface area contributed by atoms with Gasteiger partial charge in [0.05, 0.1) is 0 Å². The summed E-state index contributed by atoms with van der Waals surface area (Å²) in [6.07, 6.45) is 1.14. The minimum absolute atomic E-state index is 0.0452. The Balaban J connectivity index is 2.28. The first-order chi connectivity index (χ1) is 8.45. The standard InChI is InChI=1S/C10H21N3O4S/c1-2-17-9-3-4-10(14)12-5-7-13(8-6-12)18(11,15)16/h2-9H2,1H3,(H2,11,15,16). The van der Waals surface area contributed by atoms with Crippen molar-refractivity contribution >= 4 is 16.1 Å². The third-order valence-electron chi connectivity index (χ3n) is 2.83. The summed E-state index contributed by atoms with van der Waals surface area (Å²) in [6.45, 7) is 4.51. The van der Waals surface area contributed by atoms with Crippen molar-refractivity contribution in [3.05, 3.63) is 0 Å². The number of amides is 1. The minimum atomic E-state index is -3.62. The summed E-state index contributed by atoms with van der Waals surface area (Å²) < 4.78 is 28.5. The number of ether oxygens (including phenoxy) is 1. The van der Waals surface area contributed by atoms with E-state index in [4.69, 9.17) is 9.88 Å². The molecule has 106 valence electrons. The fraction of sp³-hybridized carbons (Fsp3) is 0.900. The lowest BCUT2D eigenvalue weighted by Crippen LogP contribution is -2.52. The third-order valence-corrected chi connectivity index (χ3v) is 3.92. The van der Waals surface area contributed by atoms with Gasteiger partial charge in [-0.05, 0) is 13.3 Å². The first-order valence-corrected chi connectivity index (χ1v) is 7.59. The van der Waals surface area contributed by atoms with Gasteiger partial charge in [-0.2, -0.15) is 12.7 Å². The average Bonchev–Trinajstić information content (AvgIpc) is 2.33. The summed E-state index contributed by atoms with van der Waals surface area (Å²) >= 11 is 0. The highest BCUT2D eigenvalue weighted by molar-refractivity contribution is 7.86. The summed E-state index contributed by atoms with van der Waals surface area (Å²) in [6, 6.07) is 0. The Morgan fingerprint density at radius 2 is 1.89 bits per heavy atom. The molecule has 1 amide bonds. The van der Waals surface area contributed by atoms with E-state index >= 15 is 0 Å². The van der Waals surface area contributed by atoms with Gasteiger partial charge in [-0.25, -0.2) is 5.14 Å². The van der Waals surface area contributed by atoms with Crippen LogP contribution in [0.15, 0.2) is 0 Å². The maximum atomic E-state index is 11.8. The summed E-state index contributed by atoms with van der Waals surface area (Å²) in [5.74, 6) is 0.0452. The molecule has 8 heteroatoms. The van der Waals surface area contributed by atoms with Gasteiger partial charge in [0.2, 0.25) is 5.91 Å².